The minimum Gasteiger partial charge on any atom is -0.368 e. The van der Waals surface area contributed by atoms with Gasteiger partial charge in [-0.25, -0.2) is 9.50 Å². The number of fused-ring (bicyclic) bond motifs is 1. The minimum atomic E-state index is -4.12. The number of aryl methyl sites for hydroxylation is 1. The van der Waals surface area contributed by atoms with Gasteiger partial charge >= 0.3 is 6.18 Å². The fourth-order valence-electron chi connectivity index (χ4n) is 4.39. The Hall–Kier alpha value is -2.16. The molecule has 2 aromatic rings. The first kappa shape index (κ1) is 20.1. The van der Waals surface area contributed by atoms with Crippen LogP contribution in [-0.4, -0.2) is 51.3 Å². The minimum absolute atomic E-state index is 0.00206. The quantitative estimate of drug-likeness (QED) is 0.723. The highest BCUT2D eigenvalue weighted by atomic mass is 19.4. The lowest BCUT2D eigenvalue weighted by Gasteiger charge is -2.35. The fourth-order valence-corrected chi connectivity index (χ4v) is 4.39. The van der Waals surface area contributed by atoms with Gasteiger partial charge in [0.15, 0.2) is 5.65 Å². The molecule has 1 saturated carbocycles. The first-order valence-corrected chi connectivity index (χ1v) is 10.0. The number of aromatic nitrogens is 3. The van der Waals surface area contributed by atoms with Gasteiger partial charge in [-0.05, 0) is 45.6 Å². The normalized spacial score (nSPS) is 28.7. The number of nitrogens with zero attached hydrogens (tertiary/aromatic N) is 4. The zero-order chi connectivity index (χ0) is 20.8. The molecule has 0 unspecified atom stereocenters. The summed E-state index contributed by atoms with van der Waals surface area (Å²) in [6.07, 6.45) is -2.39. The van der Waals surface area contributed by atoms with Gasteiger partial charge in [0.25, 0.3) is 0 Å². The Balaban J connectivity index is 1.60. The maximum Gasteiger partial charge on any atom is 0.391 e. The molecule has 0 N–H and O–H groups in total. The van der Waals surface area contributed by atoms with Crippen LogP contribution in [0.25, 0.3) is 5.65 Å². The van der Waals surface area contributed by atoms with Gasteiger partial charge in [0.1, 0.15) is 6.10 Å². The summed E-state index contributed by atoms with van der Waals surface area (Å²) in [4.78, 5) is 17.6. The molecule has 1 aliphatic heterocycles. The van der Waals surface area contributed by atoms with Crippen LogP contribution in [-0.2, 0) is 9.53 Å². The zero-order valence-electron chi connectivity index (χ0n) is 16.5. The van der Waals surface area contributed by atoms with Crippen molar-refractivity contribution < 1.29 is 22.7 Å². The van der Waals surface area contributed by atoms with Gasteiger partial charge in [0.2, 0.25) is 6.41 Å². The number of carbonyl (C=O) groups is 1. The highest BCUT2D eigenvalue weighted by Crippen LogP contribution is 2.42. The molecule has 0 spiro atoms. The Labute approximate surface area is 167 Å². The van der Waals surface area contributed by atoms with Crippen LogP contribution < -0.4 is 0 Å². The molecule has 0 aromatic carbocycles. The summed E-state index contributed by atoms with van der Waals surface area (Å²) in [7, 11) is 0. The van der Waals surface area contributed by atoms with Crippen LogP contribution in [0.1, 0.15) is 61.7 Å². The van der Waals surface area contributed by atoms with Crippen molar-refractivity contribution in [1.29, 1.82) is 0 Å². The topological polar surface area (TPSA) is 59.7 Å². The first-order chi connectivity index (χ1) is 13.8. The van der Waals surface area contributed by atoms with E-state index in [4.69, 9.17) is 9.84 Å². The van der Waals surface area contributed by atoms with Gasteiger partial charge in [-0.15, -0.1) is 0 Å². The number of alkyl halides is 3. The van der Waals surface area contributed by atoms with Gasteiger partial charge in [-0.3, -0.25) is 4.79 Å². The Bertz CT molecular complexity index is 890. The van der Waals surface area contributed by atoms with Crippen LogP contribution in [0.2, 0.25) is 0 Å². The van der Waals surface area contributed by atoms with Crippen LogP contribution >= 0.6 is 0 Å². The Kier molecular flexibility index (Phi) is 5.27. The van der Waals surface area contributed by atoms with Crippen molar-refractivity contribution in [1.82, 2.24) is 19.5 Å². The van der Waals surface area contributed by atoms with Crippen molar-refractivity contribution in [3.8, 4) is 0 Å². The standard InChI is InChI=1S/C20H25F3N4O2/c1-12-7-17(18-9-26(11-28)13(2)10-29-18)27-19(24-12)8-16(25-27)14-3-5-15(6-4-14)20(21,22)23/h7-8,11,13-15,18H,3-6,9-10H2,1-2H3/t13-,14-,15-,18-/m0/s1. The van der Waals surface area contributed by atoms with E-state index in [9.17, 15) is 18.0 Å². The van der Waals surface area contributed by atoms with E-state index in [0.29, 0.717) is 31.6 Å². The van der Waals surface area contributed by atoms with Crippen molar-refractivity contribution in [3.05, 3.63) is 29.2 Å². The largest absolute Gasteiger partial charge is 0.391 e. The molecule has 158 valence electrons. The van der Waals surface area contributed by atoms with Crippen molar-refractivity contribution in [2.45, 2.75) is 63.8 Å². The average molecular weight is 410 g/mol. The van der Waals surface area contributed by atoms with Gasteiger partial charge < -0.3 is 9.64 Å². The molecule has 2 aromatic heterocycles. The second-order valence-electron chi connectivity index (χ2n) is 8.22. The van der Waals surface area contributed by atoms with Crippen LogP contribution in [0.5, 0.6) is 0 Å². The number of hydrogen-bond donors (Lipinski definition) is 0. The predicted molar refractivity (Wildman–Crippen MR) is 99.4 cm³/mol. The molecule has 9 heteroatoms. The Morgan fingerprint density at radius 2 is 1.93 bits per heavy atom. The van der Waals surface area contributed by atoms with E-state index < -0.39 is 12.1 Å². The summed E-state index contributed by atoms with van der Waals surface area (Å²) < 4.78 is 46.6. The summed E-state index contributed by atoms with van der Waals surface area (Å²) in [6, 6.07) is 3.78. The van der Waals surface area contributed by atoms with E-state index in [-0.39, 0.29) is 30.9 Å². The van der Waals surface area contributed by atoms with Crippen LogP contribution in [0, 0.1) is 12.8 Å². The molecule has 0 radical (unpaired) electrons. The SMILES string of the molecule is Cc1cc([C@@H]2CN(C=O)[C@@H](C)CO2)n2nc([C@H]3CC[C@H](C(F)(F)F)CC3)cc2n1. The molecular formula is C20H25F3N4O2. The lowest BCUT2D eigenvalue weighted by atomic mass is 9.80. The molecule has 0 bridgehead atoms. The highest BCUT2D eigenvalue weighted by molar-refractivity contribution is 5.48. The third-order valence-electron chi connectivity index (χ3n) is 6.16. The molecule has 2 fully saturated rings. The maximum absolute atomic E-state index is 13.0. The molecular weight excluding hydrogens is 385 g/mol. The summed E-state index contributed by atoms with van der Waals surface area (Å²) in [5.41, 5.74) is 3.05. The number of rotatable bonds is 3. The number of morpholine rings is 1. The molecule has 29 heavy (non-hydrogen) atoms. The number of hydrogen-bond acceptors (Lipinski definition) is 4. The molecule has 2 atom stereocenters. The van der Waals surface area contributed by atoms with E-state index >= 15 is 0 Å². The maximum atomic E-state index is 13.0. The molecule has 1 amide bonds. The second-order valence-corrected chi connectivity index (χ2v) is 8.22. The zero-order valence-corrected chi connectivity index (χ0v) is 16.5. The first-order valence-electron chi connectivity index (χ1n) is 10.0. The van der Waals surface area contributed by atoms with E-state index in [1.54, 1.807) is 9.42 Å². The second kappa shape index (κ2) is 7.59. The van der Waals surface area contributed by atoms with Gasteiger partial charge in [0.05, 0.1) is 36.5 Å². The number of carbonyl (C=O) groups excluding carboxylic acids is 1. The van der Waals surface area contributed by atoms with Gasteiger partial charge in [-0.1, -0.05) is 0 Å². The molecule has 6 nitrogen and oxygen atoms in total. The van der Waals surface area contributed by atoms with E-state index in [0.717, 1.165) is 23.5 Å². The number of ether oxygens (including phenoxy) is 1. The lowest BCUT2D eigenvalue weighted by Crippen LogP contribution is -2.44. The summed E-state index contributed by atoms with van der Waals surface area (Å²) in [5.74, 6) is -1.21. The molecule has 1 saturated heterocycles. The van der Waals surface area contributed by atoms with Crippen LogP contribution in [0.15, 0.2) is 12.1 Å². The monoisotopic (exact) mass is 410 g/mol. The summed E-state index contributed by atoms with van der Waals surface area (Å²) >= 11 is 0. The smallest absolute Gasteiger partial charge is 0.368 e. The molecule has 1 aliphatic carbocycles. The van der Waals surface area contributed by atoms with Crippen molar-refractivity contribution in [3.63, 3.8) is 0 Å². The third kappa shape index (κ3) is 3.97. The van der Waals surface area contributed by atoms with Crippen molar-refractivity contribution in [2.24, 2.45) is 5.92 Å². The highest BCUT2D eigenvalue weighted by Gasteiger charge is 2.42. The third-order valence-corrected chi connectivity index (χ3v) is 6.16. The molecule has 3 heterocycles. The molecule has 4 rings (SSSR count). The van der Waals surface area contributed by atoms with E-state index in [2.05, 4.69) is 4.98 Å². The predicted octanol–water partition coefficient (Wildman–Crippen LogP) is 3.79. The molecule has 2 aliphatic rings. The number of halogens is 3. The van der Waals surface area contributed by atoms with Gasteiger partial charge in [-0.2, -0.15) is 18.3 Å². The van der Waals surface area contributed by atoms with E-state index in [1.165, 1.54) is 0 Å². The Morgan fingerprint density at radius 1 is 1.21 bits per heavy atom. The number of amides is 1. The van der Waals surface area contributed by atoms with Crippen LogP contribution in [0.3, 0.4) is 0 Å². The van der Waals surface area contributed by atoms with Gasteiger partial charge in [0, 0.05) is 17.7 Å². The van der Waals surface area contributed by atoms with Crippen molar-refractivity contribution in [2.75, 3.05) is 13.2 Å². The van der Waals surface area contributed by atoms with E-state index in [1.807, 2.05) is 26.0 Å². The van der Waals surface area contributed by atoms with Crippen molar-refractivity contribution >= 4 is 12.1 Å². The average Bonchev–Trinajstić information content (AvgIpc) is 3.11. The Morgan fingerprint density at radius 3 is 2.59 bits per heavy atom. The lowest BCUT2D eigenvalue weighted by molar-refractivity contribution is -0.182. The fraction of sp³-hybridized carbons (Fsp3) is 0.650. The van der Waals surface area contributed by atoms with Crippen LogP contribution in [0.4, 0.5) is 13.2 Å². The summed E-state index contributed by atoms with van der Waals surface area (Å²) in [6.45, 7) is 4.67. The summed E-state index contributed by atoms with van der Waals surface area (Å²) in [5, 5.41) is 4.70.